The van der Waals surface area contributed by atoms with Crippen LogP contribution in [0.15, 0.2) is 23.9 Å². The predicted octanol–water partition coefficient (Wildman–Crippen LogP) is 5.06. The van der Waals surface area contributed by atoms with Crippen molar-refractivity contribution in [3.05, 3.63) is 46.4 Å². The molecule has 0 aliphatic heterocycles. The van der Waals surface area contributed by atoms with E-state index in [-0.39, 0.29) is 11.2 Å². The minimum atomic E-state index is 0.226. The molecular formula is C21H25NO2. The third-order valence-electron chi connectivity index (χ3n) is 7.09. The number of benzene rings is 1. The van der Waals surface area contributed by atoms with Gasteiger partial charge in [0, 0.05) is 0 Å². The number of hydrogen-bond donors (Lipinski definition) is 1. The Morgan fingerprint density at radius 1 is 1.29 bits per heavy atom. The minimum absolute atomic E-state index is 0.226. The lowest BCUT2D eigenvalue weighted by atomic mass is 9.55. The third kappa shape index (κ3) is 2.09. The van der Waals surface area contributed by atoms with Gasteiger partial charge in [0.1, 0.15) is 0 Å². The van der Waals surface area contributed by atoms with E-state index in [1.807, 2.05) is 6.07 Å². The lowest BCUT2D eigenvalue weighted by Gasteiger charge is -2.49. The Morgan fingerprint density at radius 2 is 2.12 bits per heavy atom. The van der Waals surface area contributed by atoms with Gasteiger partial charge in [0.05, 0.1) is 13.7 Å². The van der Waals surface area contributed by atoms with E-state index < -0.39 is 0 Å². The van der Waals surface area contributed by atoms with Crippen LogP contribution in [0.2, 0.25) is 0 Å². The van der Waals surface area contributed by atoms with E-state index in [0.717, 1.165) is 12.8 Å². The molecule has 126 valence electrons. The second kappa shape index (κ2) is 5.55. The number of methoxy groups -OCH3 is 1. The molecular weight excluding hydrogens is 298 g/mol. The van der Waals surface area contributed by atoms with Crippen molar-refractivity contribution >= 4 is 0 Å². The molecule has 3 unspecified atom stereocenters. The van der Waals surface area contributed by atoms with E-state index in [0.29, 0.717) is 23.5 Å². The lowest BCUT2D eigenvalue weighted by molar-refractivity contribution is 0.0812. The second-order valence-electron chi connectivity index (χ2n) is 7.92. The number of rotatable bonds is 1. The maximum atomic E-state index is 10.1. The number of aromatic hydroxyl groups is 1. The summed E-state index contributed by atoms with van der Waals surface area (Å²) in [5.74, 6) is 2.83. The van der Waals surface area contributed by atoms with Crippen molar-refractivity contribution in [1.82, 2.24) is 0 Å². The van der Waals surface area contributed by atoms with Gasteiger partial charge in [-0.05, 0) is 85.0 Å². The van der Waals surface area contributed by atoms with Crippen LogP contribution in [0.25, 0.3) is 4.85 Å². The van der Waals surface area contributed by atoms with Crippen LogP contribution in [0.3, 0.4) is 0 Å². The fourth-order valence-electron chi connectivity index (χ4n) is 5.89. The number of hydrogen-bond acceptors (Lipinski definition) is 2. The smallest absolute Gasteiger partial charge is 0.160 e. The first-order valence-corrected chi connectivity index (χ1v) is 9.04. The minimum Gasteiger partial charge on any atom is -0.504 e. The molecule has 0 amide bonds. The van der Waals surface area contributed by atoms with Crippen LogP contribution in [0, 0.1) is 23.8 Å². The molecule has 0 bridgehead atoms. The molecule has 4 rings (SSSR count). The predicted molar refractivity (Wildman–Crippen MR) is 94.0 cm³/mol. The van der Waals surface area contributed by atoms with Crippen molar-refractivity contribution in [1.29, 1.82) is 0 Å². The van der Waals surface area contributed by atoms with Crippen LogP contribution in [0.5, 0.6) is 11.5 Å². The highest BCUT2D eigenvalue weighted by molar-refractivity contribution is 5.49. The van der Waals surface area contributed by atoms with Gasteiger partial charge in [0.15, 0.2) is 17.7 Å². The molecule has 0 radical (unpaired) electrons. The summed E-state index contributed by atoms with van der Waals surface area (Å²) in [5.41, 5.74) is 4.30. The van der Waals surface area contributed by atoms with Gasteiger partial charge >= 0.3 is 0 Å². The Morgan fingerprint density at radius 3 is 2.88 bits per heavy atom. The van der Waals surface area contributed by atoms with Gasteiger partial charge in [-0.3, -0.25) is 0 Å². The Labute approximate surface area is 144 Å². The van der Waals surface area contributed by atoms with E-state index in [2.05, 4.69) is 17.8 Å². The number of fused-ring (bicyclic) bond motifs is 5. The molecule has 4 atom stereocenters. The first kappa shape index (κ1) is 15.6. The zero-order chi connectivity index (χ0) is 16.9. The Bertz CT molecular complexity index is 745. The molecule has 3 aliphatic rings. The number of phenols is 1. The zero-order valence-electron chi connectivity index (χ0n) is 14.5. The highest BCUT2D eigenvalue weighted by atomic mass is 16.5. The van der Waals surface area contributed by atoms with E-state index in [4.69, 9.17) is 11.3 Å². The van der Waals surface area contributed by atoms with Crippen molar-refractivity contribution in [2.75, 3.05) is 7.11 Å². The topological polar surface area (TPSA) is 33.8 Å². The van der Waals surface area contributed by atoms with Crippen molar-refractivity contribution in [3.63, 3.8) is 0 Å². The average molecular weight is 323 g/mol. The second-order valence-corrected chi connectivity index (χ2v) is 7.92. The summed E-state index contributed by atoms with van der Waals surface area (Å²) in [4.78, 5) is 3.57. The van der Waals surface area contributed by atoms with E-state index in [1.54, 1.807) is 13.3 Å². The molecule has 24 heavy (non-hydrogen) atoms. The third-order valence-corrected chi connectivity index (χ3v) is 7.09. The maximum absolute atomic E-state index is 10.1. The fourth-order valence-corrected chi connectivity index (χ4v) is 5.89. The van der Waals surface area contributed by atoms with Gasteiger partial charge in [-0.1, -0.05) is 12.5 Å². The maximum Gasteiger partial charge on any atom is 0.160 e. The standard InChI is InChI=1S/C21H25NO2/c1-21-9-8-15-16(18(21)7-5-14(21)12-22-2)6-4-13-10-19(23)20(24-3)11-17(13)15/h10-12,15-16,18,23H,4-9H2,1,3H3/b14-12-/t15?,16?,18?,21-/m1/s1. The fraction of sp³-hybridized carbons (Fsp3) is 0.571. The highest BCUT2D eigenvalue weighted by Crippen LogP contribution is 2.63. The first-order valence-electron chi connectivity index (χ1n) is 9.04. The Hall–Kier alpha value is -1.95. The van der Waals surface area contributed by atoms with Crippen molar-refractivity contribution in [2.45, 2.75) is 51.4 Å². The molecule has 0 aromatic heterocycles. The summed E-state index contributed by atoms with van der Waals surface area (Å²) in [6.07, 6.45) is 8.72. The van der Waals surface area contributed by atoms with Crippen LogP contribution in [0.4, 0.5) is 0 Å². The summed E-state index contributed by atoms with van der Waals surface area (Å²) in [5, 5.41) is 10.1. The summed E-state index contributed by atoms with van der Waals surface area (Å²) < 4.78 is 5.35. The molecule has 1 N–H and O–H groups in total. The van der Waals surface area contributed by atoms with Gasteiger partial charge in [0.2, 0.25) is 0 Å². The summed E-state index contributed by atoms with van der Waals surface area (Å²) in [6, 6.07) is 3.99. The van der Waals surface area contributed by atoms with E-state index >= 15 is 0 Å². The van der Waals surface area contributed by atoms with E-state index in [1.165, 1.54) is 42.4 Å². The molecule has 2 fully saturated rings. The van der Waals surface area contributed by atoms with Crippen LogP contribution in [-0.4, -0.2) is 12.2 Å². The molecule has 3 heteroatoms. The largest absolute Gasteiger partial charge is 0.504 e. The summed E-state index contributed by atoms with van der Waals surface area (Å²) in [7, 11) is 1.62. The normalized spacial score (nSPS) is 35.7. The van der Waals surface area contributed by atoms with Crippen LogP contribution in [0.1, 0.15) is 56.1 Å². The number of allylic oxidation sites excluding steroid dienone is 1. The summed E-state index contributed by atoms with van der Waals surface area (Å²) >= 11 is 0. The monoisotopic (exact) mass is 323 g/mol. The van der Waals surface area contributed by atoms with Crippen LogP contribution >= 0.6 is 0 Å². The summed E-state index contributed by atoms with van der Waals surface area (Å²) in [6.45, 7) is 9.61. The highest BCUT2D eigenvalue weighted by Gasteiger charge is 2.52. The van der Waals surface area contributed by atoms with Crippen LogP contribution < -0.4 is 4.74 Å². The lowest BCUT2D eigenvalue weighted by Crippen LogP contribution is -2.40. The molecule has 0 heterocycles. The zero-order valence-corrected chi connectivity index (χ0v) is 14.5. The molecule has 0 spiro atoms. The van der Waals surface area contributed by atoms with Gasteiger partial charge < -0.3 is 9.84 Å². The Balaban J connectivity index is 1.72. The Kier molecular flexibility index (Phi) is 3.60. The quantitative estimate of drug-likeness (QED) is 0.733. The number of phenolic OH excluding ortho intramolecular Hbond substituents is 1. The van der Waals surface area contributed by atoms with Crippen molar-refractivity contribution in [3.8, 4) is 11.5 Å². The molecule has 1 aromatic rings. The van der Waals surface area contributed by atoms with Gasteiger partial charge in [-0.2, -0.15) is 0 Å². The number of ether oxygens (including phenoxy) is 1. The molecule has 3 nitrogen and oxygen atoms in total. The molecule has 2 saturated carbocycles. The number of nitrogens with zero attached hydrogens (tertiary/aromatic N) is 1. The van der Waals surface area contributed by atoms with Crippen LogP contribution in [-0.2, 0) is 6.42 Å². The van der Waals surface area contributed by atoms with Gasteiger partial charge in [0.25, 0.3) is 0 Å². The van der Waals surface area contributed by atoms with E-state index in [9.17, 15) is 5.11 Å². The first-order chi connectivity index (χ1) is 11.6. The molecule has 3 aliphatic carbocycles. The van der Waals surface area contributed by atoms with Gasteiger partial charge in [-0.15, -0.1) is 0 Å². The van der Waals surface area contributed by atoms with Crippen molar-refractivity contribution < 1.29 is 9.84 Å². The van der Waals surface area contributed by atoms with Crippen molar-refractivity contribution in [2.24, 2.45) is 17.3 Å². The van der Waals surface area contributed by atoms with Gasteiger partial charge in [-0.25, -0.2) is 4.85 Å². The average Bonchev–Trinajstić information content (AvgIpc) is 2.91. The molecule has 1 aromatic carbocycles. The molecule has 0 saturated heterocycles. The number of aryl methyl sites for hydroxylation is 1. The SMILES string of the molecule is [C-]#[N+]/C=C1/CCC2C3CCc4cc(O)c(OC)cc4C3CC[C@]12C.